The molecular weight excluding hydrogens is 202 g/mol. The van der Waals surface area contributed by atoms with Gasteiger partial charge < -0.3 is 5.32 Å². The van der Waals surface area contributed by atoms with E-state index in [1.54, 1.807) is 0 Å². The highest BCUT2D eigenvalue weighted by atomic mass is 79.9. The molecule has 1 saturated carbocycles. The van der Waals surface area contributed by atoms with Crippen LogP contribution in [0.5, 0.6) is 0 Å². The number of hydrogen-bond acceptors (Lipinski definition) is 0. The summed E-state index contributed by atoms with van der Waals surface area (Å²) in [6.45, 7) is 2.78. The van der Waals surface area contributed by atoms with Crippen molar-refractivity contribution >= 4 is 15.9 Å². The van der Waals surface area contributed by atoms with E-state index < -0.39 is 0 Å². The van der Waals surface area contributed by atoms with E-state index in [-0.39, 0.29) is 0 Å². The van der Waals surface area contributed by atoms with Crippen molar-refractivity contribution in [3.05, 3.63) is 0 Å². The number of halogens is 1. The molecule has 0 unspecified atom stereocenters. The van der Waals surface area contributed by atoms with Crippen molar-refractivity contribution in [2.24, 2.45) is 11.8 Å². The van der Waals surface area contributed by atoms with Crippen LogP contribution in [-0.4, -0.2) is 17.9 Å². The molecule has 64 valence electrons. The van der Waals surface area contributed by atoms with E-state index in [0.29, 0.717) is 0 Å². The molecule has 2 aliphatic rings. The first kappa shape index (κ1) is 8.06. The molecule has 2 heteroatoms. The molecule has 11 heavy (non-hydrogen) atoms. The number of hydrogen-bond donors (Lipinski definition) is 1. The van der Waals surface area contributed by atoms with Crippen LogP contribution in [0.2, 0.25) is 0 Å². The fraction of sp³-hybridized carbons (Fsp3) is 1.00. The Balaban J connectivity index is 1.93. The Morgan fingerprint density at radius 2 is 2.00 bits per heavy atom. The molecule has 0 spiro atoms. The molecule has 0 aromatic heterocycles. The standard InChI is InChI=1S/C9H16BrN/c10-9-2-1-8-6-11-4-3-7(8)5-9/h7-9,11H,1-6H2/p+1/t7-,8+,9-/m1/s1. The van der Waals surface area contributed by atoms with Crippen molar-refractivity contribution in [1.29, 1.82) is 0 Å². The van der Waals surface area contributed by atoms with Gasteiger partial charge in [0.1, 0.15) is 0 Å². The smallest absolute Gasteiger partial charge is 0.0786 e. The topological polar surface area (TPSA) is 16.6 Å². The molecule has 0 bridgehead atoms. The molecule has 0 aromatic rings. The maximum Gasteiger partial charge on any atom is 0.0786 e. The number of quaternary nitrogens is 1. The minimum Gasteiger partial charge on any atom is -0.346 e. The van der Waals surface area contributed by atoms with Gasteiger partial charge in [-0.2, -0.15) is 0 Å². The van der Waals surface area contributed by atoms with Gasteiger partial charge in [-0.1, -0.05) is 15.9 Å². The number of rotatable bonds is 0. The van der Waals surface area contributed by atoms with Crippen LogP contribution >= 0.6 is 15.9 Å². The highest BCUT2D eigenvalue weighted by Crippen LogP contribution is 2.35. The summed E-state index contributed by atoms with van der Waals surface area (Å²) in [5, 5.41) is 2.50. The molecule has 1 aliphatic carbocycles. The summed E-state index contributed by atoms with van der Waals surface area (Å²) < 4.78 is 0. The summed E-state index contributed by atoms with van der Waals surface area (Å²) in [6.07, 6.45) is 5.79. The molecule has 0 radical (unpaired) electrons. The van der Waals surface area contributed by atoms with Crippen molar-refractivity contribution < 1.29 is 5.32 Å². The van der Waals surface area contributed by atoms with Gasteiger partial charge in [-0.15, -0.1) is 0 Å². The lowest BCUT2D eigenvalue weighted by molar-refractivity contribution is -0.672. The second kappa shape index (κ2) is 3.44. The fourth-order valence-electron chi connectivity index (χ4n) is 2.60. The molecule has 1 heterocycles. The van der Waals surface area contributed by atoms with Gasteiger partial charge in [0.25, 0.3) is 0 Å². The monoisotopic (exact) mass is 218 g/mol. The minimum atomic E-state index is 0.835. The summed E-state index contributed by atoms with van der Waals surface area (Å²) in [4.78, 5) is 0.835. The van der Waals surface area contributed by atoms with E-state index in [9.17, 15) is 0 Å². The van der Waals surface area contributed by atoms with E-state index in [0.717, 1.165) is 16.7 Å². The third kappa shape index (κ3) is 1.78. The lowest BCUT2D eigenvalue weighted by atomic mass is 9.76. The van der Waals surface area contributed by atoms with Gasteiger partial charge in [0.15, 0.2) is 0 Å². The molecular formula is C9H17BrN+. The van der Waals surface area contributed by atoms with Crippen LogP contribution in [-0.2, 0) is 0 Å². The lowest BCUT2D eigenvalue weighted by Gasteiger charge is -2.35. The largest absolute Gasteiger partial charge is 0.346 e. The van der Waals surface area contributed by atoms with Crippen LogP contribution in [0.15, 0.2) is 0 Å². The SMILES string of the molecule is Br[C@@H]1CC[C@H]2C[NH2+]CC[C@@H]2C1. The van der Waals surface area contributed by atoms with E-state index >= 15 is 0 Å². The van der Waals surface area contributed by atoms with Gasteiger partial charge in [-0.05, 0) is 31.6 Å². The van der Waals surface area contributed by atoms with Crippen LogP contribution < -0.4 is 5.32 Å². The van der Waals surface area contributed by atoms with E-state index in [1.165, 1.54) is 38.8 Å². The second-order valence-electron chi connectivity index (χ2n) is 4.03. The van der Waals surface area contributed by atoms with Crippen LogP contribution in [0.3, 0.4) is 0 Å². The molecule has 3 atom stereocenters. The second-order valence-corrected chi connectivity index (χ2v) is 5.33. The van der Waals surface area contributed by atoms with Crippen molar-refractivity contribution in [3.8, 4) is 0 Å². The van der Waals surface area contributed by atoms with Gasteiger partial charge in [0.05, 0.1) is 13.1 Å². The predicted octanol–water partition coefficient (Wildman–Crippen LogP) is 1.13. The van der Waals surface area contributed by atoms with Gasteiger partial charge in [0, 0.05) is 10.7 Å². The molecule has 1 nitrogen and oxygen atoms in total. The van der Waals surface area contributed by atoms with Crippen LogP contribution in [0.1, 0.15) is 25.7 Å². The normalized spacial score (nSPS) is 45.0. The van der Waals surface area contributed by atoms with Gasteiger partial charge in [-0.25, -0.2) is 0 Å². The highest BCUT2D eigenvalue weighted by Gasteiger charge is 2.32. The van der Waals surface area contributed by atoms with Gasteiger partial charge in [-0.3, -0.25) is 0 Å². The van der Waals surface area contributed by atoms with Gasteiger partial charge >= 0.3 is 0 Å². The van der Waals surface area contributed by atoms with Crippen LogP contribution in [0.4, 0.5) is 0 Å². The van der Waals surface area contributed by atoms with E-state index in [4.69, 9.17) is 0 Å². The molecule has 0 aromatic carbocycles. The Kier molecular flexibility index (Phi) is 2.52. The number of piperidine rings is 1. The molecule has 0 amide bonds. The zero-order chi connectivity index (χ0) is 7.68. The first-order valence-corrected chi connectivity index (χ1v) is 5.73. The summed E-state index contributed by atoms with van der Waals surface area (Å²) >= 11 is 3.74. The maximum atomic E-state index is 3.74. The number of alkyl halides is 1. The van der Waals surface area contributed by atoms with Crippen LogP contribution in [0.25, 0.3) is 0 Å². The average molecular weight is 219 g/mol. The van der Waals surface area contributed by atoms with Crippen molar-refractivity contribution in [3.63, 3.8) is 0 Å². The van der Waals surface area contributed by atoms with Gasteiger partial charge in [0.2, 0.25) is 0 Å². The van der Waals surface area contributed by atoms with Crippen molar-refractivity contribution in [1.82, 2.24) is 0 Å². The highest BCUT2D eigenvalue weighted by molar-refractivity contribution is 9.09. The first-order chi connectivity index (χ1) is 5.36. The Labute approximate surface area is 77.1 Å². The van der Waals surface area contributed by atoms with E-state index in [1.807, 2.05) is 0 Å². The summed E-state index contributed by atoms with van der Waals surface area (Å²) in [5.41, 5.74) is 0. The Hall–Kier alpha value is 0.440. The Bertz CT molecular complexity index is 138. The lowest BCUT2D eigenvalue weighted by Crippen LogP contribution is -2.88. The average Bonchev–Trinajstić information content (AvgIpc) is 2.04. The maximum absolute atomic E-state index is 3.74. The Morgan fingerprint density at radius 1 is 1.09 bits per heavy atom. The summed E-state index contributed by atoms with van der Waals surface area (Å²) in [5.74, 6) is 2.11. The predicted molar refractivity (Wildman–Crippen MR) is 49.8 cm³/mol. The Morgan fingerprint density at radius 3 is 2.91 bits per heavy atom. The molecule has 2 fully saturated rings. The first-order valence-electron chi connectivity index (χ1n) is 4.82. The molecule has 2 rings (SSSR count). The number of fused-ring (bicyclic) bond motifs is 1. The van der Waals surface area contributed by atoms with Crippen molar-refractivity contribution in [2.45, 2.75) is 30.5 Å². The summed E-state index contributed by atoms with van der Waals surface area (Å²) in [7, 11) is 0. The molecule has 1 saturated heterocycles. The quantitative estimate of drug-likeness (QED) is 0.588. The molecule has 1 aliphatic heterocycles. The minimum absolute atomic E-state index is 0.835. The third-order valence-electron chi connectivity index (χ3n) is 3.29. The zero-order valence-corrected chi connectivity index (χ0v) is 8.52. The van der Waals surface area contributed by atoms with E-state index in [2.05, 4.69) is 21.2 Å². The fourth-order valence-corrected chi connectivity index (χ4v) is 3.34. The van der Waals surface area contributed by atoms with Crippen LogP contribution in [0, 0.1) is 11.8 Å². The van der Waals surface area contributed by atoms with Crippen molar-refractivity contribution in [2.75, 3.05) is 13.1 Å². The third-order valence-corrected chi connectivity index (χ3v) is 4.12. The summed E-state index contributed by atoms with van der Waals surface area (Å²) in [6, 6.07) is 0. The molecule has 2 N–H and O–H groups in total. The zero-order valence-electron chi connectivity index (χ0n) is 6.93. The number of nitrogens with two attached hydrogens (primary N) is 1.